The molecule has 126 valence electrons. The standard InChI is InChI=1S/C18H21FN4O/c1-12-9-13(10-20)11-23(12)18(24)14-5-4-8-21-17(14)22-16-7-3-2-6-15(16)19/h2-8,12-13H,9-11,20H2,1H3,(H,21,22). The number of likely N-dealkylation sites (tertiary alicyclic amines) is 1. The highest BCUT2D eigenvalue weighted by atomic mass is 19.1. The second kappa shape index (κ2) is 6.97. The fourth-order valence-corrected chi connectivity index (χ4v) is 3.12. The second-order valence-corrected chi connectivity index (χ2v) is 6.15. The number of halogens is 1. The Morgan fingerprint density at radius 2 is 2.17 bits per heavy atom. The van der Waals surface area contributed by atoms with Gasteiger partial charge < -0.3 is 16.0 Å². The summed E-state index contributed by atoms with van der Waals surface area (Å²) in [6.07, 6.45) is 2.48. The Morgan fingerprint density at radius 3 is 2.88 bits per heavy atom. The molecule has 3 N–H and O–H groups in total. The number of carbonyl (C=O) groups is 1. The van der Waals surface area contributed by atoms with Crippen LogP contribution in [0.1, 0.15) is 23.7 Å². The molecule has 1 aliphatic rings. The fraction of sp³-hybridized carbons (Fsp3) is 0.333. The van der Waals surface area contributed by atoms with E-state index in [0.717, 1.165) is 6.42 Å². The Balaban J connectivity index is 1.87. The van der Waals surface area contributed by atoms with Gasteiger partial charge in [0.2, 0.25) is 0 Å². The minimum absolute atomic E-state index is 0.106. The van der Waals surface area contributed by atoms with Gasteiger partial charge in [0.25, 0.3) is 5.91 Å². The molecule has 1 aromatic heterocycles. The molecule has 1 amide bonds. The monoisotopic (exact) mass is 328 g/mol. The molecule has 2 atom stereocenters. The summed E-state index contributed by atoms with van der Waals surface area (Å²) in [6.45, 7) is 3.24. The number of amides is 1. The summed E-state index contributed by atoms with van der Waals surface area (Å²) < 4.78 is 13.9. The maximum Gasteiger partial charge on any atom is 0.257 e. The lowest BCUT2D eigenvalue weighted by Crippen LogP contribution is -2.35. The molecule has 1 saturated heterocycles. The van der Waals surface area contributed by atoms with Gasteiger partial charge in [0.1, 0.15) is 11.6 Å². The highest BCUT2D eigenvalue weighted by Crippen LogP contribution is 2.27. The van der Waals surface area contributed by atoms with Crippen molar-refractivity contribution in [1.29, 1.82) is 0 Å². The van der Waals surface area contributed by atoms with E-state index >= 15 is 0 Å². The first-order chi connectivity index (χ1) is 11.6. The van der Waals surface area contributed by atoms with Gasteiger partial charge in [-0.15, -0.1) is 0 Å². The van der Waals surface area contributed by atoms with Crippen molar-refractivity contribution < 1.29 is 9.18 Å². The van der Waals surface area contributed by atoms with Crippen LogP contribution >= 0.6 is 0 Å². The molecule has 2 heterocycles. The number of nitrogens with one attached hydrogen (secondary N) is 1. The van der Waals surface area contributed by atoms with Crippen molar-refractivity contribution in [2.45, 2.75) is 19.4 Å². The van der Waals surface area contributed by atoms with Gasteiger partial charge in [-0.2, -0.15) is 0 Å². The Bertz CT molecular complexity index is 736. The van der Waals surface area contributed by atoms with Crippen LogP contribution < -0.4 is 11.1 Å². The van der Waals surface area contributed by atoms with Gasteiger partial charge in [0.15, 0.2) is 0 Å². The van der Waals surface area contributed by atoms with Gasteiger partial charge in [-0.3, -0.25) is 4.79 Å². The zero-order valence-electron chi connectivity index (χ0n) is 13.6. The van der Waals surface area contributed by atoms with Crippen molar-refractivity contribution in [2.24, 2.45) is 11.7 Å². The van der Waals surface area contributed by atoms with Gasteiger partial charge in [-0.25, -0.2) is 9.37 Å². The molecule has 3 rings (SSSR count). The van der Waals surface area contributed by atoms with Crippen molar-refractivity contribution in [2.75, 3.05) is 18.4 Å². The fourth-order valence-electron chi connectivity index (χ4n) is 3.12. The maximum atomic E-state index is 13.9. The number of aromatic nitrogens is 1. The Kier molecular flexibility index (Phi) is 4.76. The first-order valence-corrected chi connectivity index (χ1v) is 8.07. The number of hydrogen-bond donors (Lipinski definition) is 2. The molecule has 2 aromatic rings. The van der Waals surface area contributed by atoms with Gasteiger partial charge >= 0.3 is 0 Å². The summed E-state index contributed by atoms with van der Waals surface area (Å²) >= 11 is 0. The molecule has 0 bridgehead atoms. The van der Waals surface area contributed by atoms with Crippen LogP contribution in [0.15, 0.2) is 42.6 Å². The van der Waals surface area contributed by atoms with Crippen molar-refractivity contribution in [1.82, 2.24) is 9.88 Å². The number of rotatable bonds is 4. The van der Waals surface area contributed by atoms with Crippen LogP contribution in [0, 0.1) is 11.7 Å². The SMILES string of the molecule is CC1CC(CN)CN1C(=O)c1cccnc1Nc1ccccc1F. The van der Waals surface area contributed by atoms with Crippen molar-refractivity contribution in [3.05, 3.63) is 54.0 Å². The van der Waals surface area contributed by atoms with E-state index in [1.54, 1.807) is 36.5 Å². The van der Waals surface area contributed by atoms with Gasteiger partial charge in [-0.1, -0.05) is 12.1 Å². The largest absolute Gasteiger partial charge is 0.337 e. The lowest BCUT2D eigenvalue weighted by atomic mass is 10.1. The molecule has 0 saturated carbocycles. The summed E-state index contributed by atoms with van der Waals surface area (Å²) in [5, 5.41) is 2.93. The highest BCUT2D eigenvalue weighted by molar-refractivity contribution is 5.99. The van der Waals surface area contributed by atoms with Crippen LogP contribution in [0.4, 0.5) is 15.9 Å². The lowest BCUT2D eigenvalue weighted by molar-refractivity contribution is 0.0744. The molecule has 0 spiro atoms. The molecular formula is C18H21FN4O. The predicted octanol–water partition coefficient (Wildman–Crippen LogP) is 2.77. The zero-order chi connectivity index (χ0) is 17.1. The van der Waals surface area contributed by atoms with Gasteiger partial charge in [-0.05, 0) is 50.1 Å². The topological polar surface area (TPSA) is 71.2 Å². The summed E-state index contributed by atoms with van der Waals surface area (Å²) in [5.74, 6) is 0.185. The minimum atomic E-state index is -0.390. The number of pyridine rings is 1. The van der Waals surface area contributed by atoms with E-state index in [1.165, 1.54) is 6.07 Å². The average molecular weight is 328 g/mol. The van der Waals surface area contributed by atoms with E-state index < -0.39 is 0 Å². The summed E-state index contributed by atoms with van der Waals surface area (Å²) in [4.78, 5) is 19.0. The Labute approximate surface area is 140 Å². The second-order valence-electron chi connectivity index (χ2n) is 6.15. The van der Waals surface area contributed by atoms with Crippen LogP contribution in [-0.2, 0) is 0 Å². The molecule has 24 heavy (non-hydrogen) atoms. The van der Waals surface area contributed by atoms with Crippen molar-refractivity contribution in [3.63, 3.8) is 0 Å². The average Bonchev–Trinajstić information content (AvgIpc) is 2.98. The summed E-state index contributed by atoms with van der Waals surface area (Å²) in [7, 11) is 0. The van der Waals surface area contributed by atoms with Crippen LogP contribution in [0.25, 0.3) is 0 Å². The first kappa shape index (κ1) is 16.4. The van der Waals surface area contributed by atoms with Crippen LogP contribution in [0.2, 0.25) is 0 Å². The zero-order valence-corrected chi connectivity index (χ0v) is 13.6. The van der Waals surface area contributed by atoms with Crippen molar-refractivity contribution in [3.8, 4) is 0 Å². The quantitative estimate of drug-likeness (QED) is 0.905. The Hall–Kier alpha value is -2.47. The van der Waals surface area contributed by atoms with Crippen LogP contribution in [0.3, 0.4) is 0 Å². The normalized spacial score (nSPS) is 20.2. The first-order valence-electron chi connectivity index (χ1n) is 8.07. The smallest absolute Gasteiger partial charge is 0.257 e. The summed E-state index contributed by atoms with van der Waals surface area (Å²) in [5.41, 5.74) is 6.47. The lowest BCUT2D eigenvalue weighted by Gasteiger charge is -2.22. The van der Waals surface area contributed by atoms with E-state index in [2.05, 4.69) is 10.3 Å². The van der Waals surface area contributed by atoms with E-state index in [4.69, 9.17) is 5.73 Å². The third-order valence-electron chi connectivity index (χ3n) is 4.42. The van der Waals surface area contributed by atoms with E-state index in [1.807, 2.05) is 11.8 Å². The third-order valence-corrected chi connectivity index (χ3v) is 4.42. The molecule has 5 nitrogen and oxygen atoms in total. The molecular weight excluding hydrogens is 307 g/mol. The highest BCUT2D eigenvalue weighted by Gasteiger charge is 2.33. The molecule has 0 aliphatic carbocycles. The number of hydrogen-bond acceptors (Lipinski definition) is 4. The predicted molar refractivity (Wildman–Crippen MR) is 91.6 cm³/mol. The van der Waals surface area contributed by atoms with E-state index in [0.29, 0.717) is 36.1 Å². The summed E-state index contributed by atoms with van der Waals surface area (Å²) in [6, 6.07) is 9.87. The molecule has 2 unspecified atom stereocenters. The third kappa shape index (κ3) is 3.23. The number of nitrogens with two attached hydrogens (primary N) is 1. The van der Waals surface area contributed by atoms with Crippen LogP contribution in [-0.4, -0.2) is 34.9 Å². The molecule has 0 radical (unpaired) electrons. The Morgan fingerprint density at radius 1 is 1.38 bits per heavy atom. The van der Waals surface area contributed by atoms with Crippen molar-refractivity contribution >= 4 is 17.4 Å². The maximum absolute atomic E-state index is 13.9. The van der Waals surface area contributed by atoms with E-state index in [9.17, 15) is 9.18 Å². The number of para-hydroxylation sites is 1. The molecule has 1 fully saturated rings. The molecule has 1 aliphatic heterocycles. The van der Waals surface area contributed by atoms with E-state index in [-0.39, 0.29) is 17.8 Å². The molecule has 1 aromatic carbocycles. The number of nitrogens with zero attached hydrogens (tertiary/aromatic N) is 2. The number of benzene rings is 1. The minimum Gasteiger partial charge on any atom is -0.337 e. The van der Waals surface area contributed by atoms with Crippen LogP contribution in [0.5, 0.6) is 0 Å². The number of carbonyl (C=O) groups excluding carboxylic acids is 1. The molecule has 6 heteroatoms. The van der Waals surface area contributed by atoms with Gasteiger partial charge in [0.05, 0.1) is 11.3 Å². The number of anilines is 2. The van der Waals surface area contributed by atoms with Gasteiger partial charge in [0, 0.05) is 18.8 Å².